The third-order valence-corrected chi connectivity index (χ3v) is 20.0. The van der Waals surface area contributed by atoms with Crippen LogP contribution >= 0.6 is 45.2 Å². The minimum atomic E-state index is -0.550. The number of halogens is 2. The van der Waals surface area contributed by atoms with E-state index in [9.17, 15) is 14.4 Å². The van der Waals surface area contributed by atoms with Crippen LogP contribution in [0.5, 0.6) is 34.5 Å². The number of fused-ring (bicyclic) bond motifs is 2. The van der Waals surface area contributed by atoms with Gasteiger partial charge >= 0.3 is 17.9 Å². The molecule has 0 radical (unpaired) electrons. The molecule has 492 valence electrons. The Morgan fingerprint density at radius 3 is 1.07 bits per heavy atom. The van der Waals surface area contributed by atoms with Crippen LogP contribution in [0, 0.1) is 16.2 Å². The highest BCUT2D eigenvalue weighted by atomic mass is 127. The fourth-order valence-electron chi connectivity index (χ4n) is 12.4. The number of hydrogen-bond acceptors (Lipinski definition) is 9. The number of ether oxygens (including phenoxy) is 6. The second kappa shape index (κ2) is 31.7. The molecule has 9 nitrogen and oxygen atoms in total. The van der Waals surface area contributed by atoms with E-state index in [0.717, 1.165) is 41.2 Å². The zero-order chi connectivity index (χ0) is 68.2. The first kappa shape index (κ1) is 71.3. The fraction of sp³-hybridized carbons (Fsp3) is 0.298. The van der Waals surface area contributed by atoms with E-state index in [1.807, 2.05) is 153 Å². The third-order valence-electron chi connectivity index (χ3n) is 17.5. The molecular formula is C84H88I2O9. The Bertz CT molecular complexity index is 3960. The van der Waals surface area contributed by atoms with E-state index in [-0.39, 0.29) is 41.6 Å². The third kappa shape index (κ3) is 17.9. The van der Waals surface area contributed by atoms with Crippen LogP contribution in [0.25, 0.3) is 0 Å². The van der Waals surface area contributed by atoms with E-state index in [1.54, 1.807) is 21.3 Å². The molecule has 0 heterocycles. The number of rotatable bonds is 15. The van der Waals surface area contributed by atoms with E-state index in [1.165, 1.54) is 50.1 Å². The van der Waals surface area contributed by atoms with E-state index in [0.29, 0.717) is 36.9 Å². The first-order valence-corrected chi connectivity index (χ1v) is 34.9. The predicted octanol–water partition coefficient (Wildman–Crippen LogP) is 20.6. The van der Waals surface area contributed by atoms with Crippen molar-refractivity contribution in [3.05, 3.63) is 298 Å². The molecule has 11 rings (SSSR count). The summed E-state index contributed by atoms with van der Waals surface area (Å²) in [4.78, 5) is 36.9. The summed E-state index contributed by atoms with van der Waals surface area (Å²) in [7, 11) is 5.08. The Balaban J connectivity index is 0.000000168. The number of esters is 3. The second-order valence-corrected chi connectivity index (χ2v) is 30.6. The van der Waals surface area contributed by atoms with Gasteiger partial charge in [0.2, 0.25) is 0 Å². The van der Waals surface area contributed by atoms with Crippen LogP contribution in [-0.2, 0) is 27.2 Å². The number of alkyl halides is 2. The van der Waals surface area contributed by atoms with Crippen molar-refractivity contribution in [3.63, 3.8) is 0 Å². The summed E-state index contributed by atoms with van der Waals surface area (Å²) < 4.78 is 33.9. The van der Waals surface area contributed by atoms with Crippen molar-refractivity contribution in [1.29, 1.82) is 0 Å². The molecule has 9 aromatic carbocycles. The quantitative estimate of drug-likeness (QED) is 0.0326. The maximum absolute atomic E-state index is 12.4. The molecule has 11 heteroatoms. The van der Waals surface area contributed by atoms with E-state index in [2.05, 4.69) is 191 Å². The van der Waals surface area contributed by atoms with Crippen molar-refractivity contribution < 1.29 is 42.8 Å². The lowest BCUT2D eigenvalue weighted by Crippen LogP contribution is -2.29. The van der Waals surface area contributed by atoms with Crippen LogP contribution in [-0.4, -0.2) is 47.1 Å². The summed E-state index contributed by atoms with van der Waals surface area (Å²) in [5.74, 6) is 4.89. The van der Waals surface area contributed by atoms with Gasteiger partial charge in [-0.1, -0.05) is 203 Å². The van der Waals surface area contributed by atoms with Crippen LogP contribution in [0.15, 0.2) is 237 Å². The highest BCUT2D eigenvalue weighted by Gasteiger charge is 2.40. The Hall–Kier alpha value is -8.01. The van der Waals surface area contributed by atoms with Gasteiger partial charge < -0.3 is 28.4 Å². The van der Waals surface area contributed by atoms with Gasteiger partial charge in [0.25, 0.3) is 0 Å². The number of hydrogen-bond donors (Lipinski definition) is 0. The summed E-state index contributed by atoms with van der Waals surface area (Å²) >= 11 is 5.20. The molecule has 9 aromatic rings. The van der Waals surface area contributed by atoms with Gasteiger partial charge in [-0.25, -0.2) is 0 Å². The summed E-state index contributed by atoms with van der Waals surface area (Å²) in [6, 6.07) is 76.9. The van der Waals surface area contributed by atoms with E-state index in [4.69, 9.17) is 28.4 Å². The summed E-state index contributed by atoms with van der Waals surface area (Å²) in [6.45, 7) is 20.9. The molecule has 0 spiro atoms. The summed E-state index contributed by atoms with van der Waals surface area (Å²) in [5.41, 5.74) is 12.3. The average molecular weight is 1500 g/mol. The first-order valence-electron chi connectivity index (χ1n) is 32.4. The van der Waals surface area contributed by atoms with Gasteiger partial charge in [0.1, 0.15) is 34.5 Å². The standard InChI is InChI=1S/2C28H29IO3.C28H30O3/c1-28(2,3)27(30)32-21-12-10-19(11-13-21)25-23-15-14-22(31-4)16-20(23)17-24(29)26(25)18-8-6-5-7-9-18;1-28(2,3)27(30)32-22-14-15-23-20(16-22)17-24(29)26(18-8-6-5-7-9-18)25(23)19-10-12-21(31-4)13-11-19;1-6-25(20-10-8-7-9-11-20)26(21-12-16-23(30-5)17-13-21)22-14-18-24(19-15-22)31-27(29)28(2,3)4/h2*5-16,24-26H,17H2,1-4H3;6-19,25-26H,1H2,2-5H3/t2*24-,25?,26+;/m00./s1. The second-order valence-electron chi connectivity index (χ2n) is 27.4. The molecule has 0 amide bonds. The number of methoxy groups -OCH3 is 3. The first-order chi connectivity index (χ1) is 45.4. The van der Waals surface area contributed by atoms with Gasteiger partial charge in [0.15, 0.2) is 0 Å². The Labute approximate surface area is 590 Å². The molecule has 95 heavy (non-hydrogen) atoms. The summed E-state index contributed by atoms with van der Waals surface area (Å²) in [5, 5.41) is 0. The normalized spacial score (nSPS) is 18.0. The molecule has 0 aromatic heterocycles. The van der Waals surface area contributed by atoms with Crippen molar-refractivity contribution in [2.24, 2.45) is 16.2 Å². The van der Waals surface area contributed by atoms with Crippen LogP contribution in [0.4, 0.5) is 0 Å². The Morgan fingerprint density at radius 1 is 0.389 bits per heavy atom. The molecule has 2 aliphatic carbocycles. The maximum atomic E-state index is 12.4. The average Bonchev–Trinajstić information content (AvgIpc) is 0.766. The van der Waals surface area contributed by atoms with Crippen molar-refractivity contribution >= 4 is 63.1 Å². The van der Waals surface area contributed by atoms with Gasteiger partial charge in [-0.2, -0.15) is 0 Å². The molecule has 0 aliphatic heterocycles. The molecular weight excluding hydrogens is 1410 g/mol. The minimum absolute atomic E-state index is 0.0539. The minimum Gasteiger partial charge on any atom is -0.497 e. The van der Waals surface area contributed by atoms with Crippen molar-refractivity contribution in [1.82, 2.24) is 0 Å². The summed E-state index contributed by atoms with van der Waals surface area (Å²) in [6.07, 6.45) is 3.94. The van der Waals surface area contributed by atoms with Gasteiger partial charge in [-0.3, -0.25) is 14.4 Å². The number of benzene rings is 9. The zero-order valence-electron chi connectivity index (χ0n) is 56.6. The smallest absolute Gasteiger partial charge is 0.316 e. The molecule has 0 saturated heterocycles. The molecule has 0 saturated carbocycles. The monoisotopic (exact) mass is 1490 g/mol. The largest absolute Gasteiger partial charge is 0.497 e. The topological polar surface area (TPSA) is 107 Å². The van der Waals surface area contributed by atoms with Gasteiger partial charge in [-0.05, 0) is 209 Å². The van der Waals surface area contributed by atoms with Crippen molar-refractivity contribution in [2.45, 2.75) is 119 Å². The van der Waals surface area contributed by atoms with Crippen LogP contribution < -0.4 is 28.4 Å². The van der Waals surface area contributed by atoms with Gasteiger partial charge in [0.05, 0.1) is 37.6 Å². The van der Waals surface area contributed by atoms with E-state index >= 15 is 0 Å². The highest BCUT2D eigenvalue weighted by Crippen LogP contribution is 2.52. The highest BCUT2D eigenvalue weighted by molar-refractivity contribution is 14.1. The van der Waals surface area contributed by atoms with Gasteiger partial charge in [-0.15, -0.1) is 6.58 Å². The lowest BCUT2D eigenvalue weighted by molar-refractivity contribution is -0.143. The zero-order valence-corrected chi connectivity index (χ0v) is 60.9. The SMILES string of the molecule is C=CC(c1ccccc1)C(c1ccc(OC)cc1)c1ccc(OC(=O)C(C)(C)C)cc1.COc1ccc(C2c3ccc(OC(=O)C(C)(C)C)cc3C[C@H](I)[C@H]2c2ccccc2)cc1.COc1ccc2c(c1)C[C@H](I)[C@@H](c1ccccc1)C2c1ccc(OC(=O)C(C)(C)C)cc1. The van der Waals surface area contributed by atoms with Crippen molar-refractivity contribution in [2.75, 3.05) is 21.3 Å². The van der Waals surface area contributed by atoms with Crippen LogP contribution in [0.1, 0.15) is 159 Å². The molecule has 0 bridgehead atoms. The Morgan fingerprint density at radius 2 is 0.705 bits per heavy atom. The molecule has 4 unspecified atom stereocenters. The molecule has 8 atom stereocenters. The van der Waals surface area contributed by atoms with Gasteiger partial charge in [0, 0.05) is 43.4 Å². The van der Waals surface area contributed by atoms with Crippen LogP contribution in [0.3, 0.4) is 0 Å². The molecule has 2 aliphatic rings. The molecule has 0 fully saturated rings. The van der Waals surface area contributed by atoms with Crippen molar-refractivity contribution in [3.8, 4) is 34.5 Å². The lowest BCUT2D eigenvalue weighted by atomic mass is 9.69. The predicted molar refractivity (Wildman–Crippen MR) is 400 cm³/mol. The number of carbonyl (C=O) groups excluding carboxylic acids is 3. The lowest BCUT2D eigenvalue weighted by Gasteiger charge is -2.38. The maximum Gasteiger partial charge on any atom is 0.316 e. The van der Waals surface area contributed by atoms with Crippen LogP contribution in [0.2, 0.25) is 0 Å². The number of allylic oxidation sites excluding steroid dienone is 1. The number of carbonyl (C=O) groups is 3. The Kier molecular flexibility index (Phi) is 23.8. The fourth-order valence-corrected chi connectivity index (χ4v) is 15.0. The molecule has 0 N–H and O–H groups in total. The van der Waals surface area contributed by atoms with E-state index < -0.39 is 16.2 Å².